The molecule has 0 aromatic rings. The smallest absolute Gasteiger partial charge is 0.00169 e. The fraction of sp³-hybridized carbons (Fsp3) is 0.969. The van der Waals surface area contributed by atoms with E-state index < -0.39 is 0 Å². The van der Waals surface area contributed by atoms with Crippen molar-refractivity contribution in [2.45, 2.75) is 174 Å². The van der Waals surface area contributed by atoms with Gasteiger partial charge in [-0.2, -0.15) is 0 Å². The monoisotopic (exact) mass is 480 g/mol. The quantitative estimate of drug-likeness (QED) is 0.0966. The SMILES string of the molecule is CCCCCCCCCCCCCCNC[CH]CCNCCCCCCCCCCCCCC. The first-order valence-electron chi connectivity index (χ1n) is 16.1. The molecule has 0 aliphatic carbocycles. The highest BCUT2D eigenvalue weighted by atomic mass is 14.9. The van der Waals surface area contributed by atoms with Crippen molar-refractivity contribution in [1.82, 2.24) is 10.6 Å². The number of unbranched alkanes of at least 4 members (excludes halogenated alkanes) is 23. The molecule has 0 atom stereocenters. The van der Waals surface area contributed by atoms with Crippen LogP contribution in [0.3, 0.4) is 0 Å². The van der Waals surface area contributed by atoms with Crippen molar-refractivity contribution in [2.24, 2.45) is 0 Å². The van der Waals surface area contributed by atoms with Crippen LogP contribution in [-0.2, 0) is 0 Å². The van der Waals surface area contributed by atoms with Crippen LogP contribution in [-0.4, -0.2) is 26.2 Å². The minimum atomic E-state index is 1.08. The van der Waals surface area contributed by atoms with E-state index in [9.17, 15) is 0 Å². The Morgan fingerprint density at radius 3 is 1.06 bits per heavy atom. The number of nitrogens with one attached hydrogen (secondary N) is 2. The van der Waals surface area contributed by atoms with Gasteiger partial charge >= 0.3 is 0 Å². The van der Waals surface area contributed by atoms with E-state index in [-0.39, 0.29) is 0 Å². The second-order valence-corrected chi connectivity index (χ2v) is 10.8. The molecule has 0 aliphatic heterocycles. The largest absolute Gasteiger partial charge is 0.317 e. The molecular formula is C32H67N2. The van der Waals surface area contributed by atoms with Crippen LogP contribution in [0.1, 0.15) is 174 Å². The Morgan fingerprint density at radius 2 is 0.676 bits per heavy atom. The molecule has 0 saturated carbocycles. The standard InChI is InChI=1S/C32H67N2/c1-3-5-7-9-11-13-15-17-19-21-23-25-29-33-31-27-28-32-34-30-26-24-22-20-18-16-14-12-10-8-6-4-2/h27,33-34H,3-26,28-32H2,1-2H3. The molecule has 0 aliphatic rings. The molecule has 2 nitrogen and oxygen atoms in total. The molecule has 0 bridgehead atoms. The van der Waals surface area contributed by atoms with E-state index in [0.29, 0.717) is 0 Å². The van der Waals surface area contributed by atoms with Gasteiger partial charge in [-0.15, -0.1) is 0 Å². The maximum absolute atomic E-state index is 3.61. The minimum absolute atomic E-state index is 1.08. The van der Waals surface area contributed by atoms with Crippen LogP contribution in [0.4, 0.5) is 0 Å². The lowest BCUT2D eigenvalue weighted by Crippen LogP contribution is -2.21. The van der Waals surface area contributed by atoms with Crippen molar-refractivity contribution in [1.29, 1.82) is 0 Å². The molecule has 0 aromatic heterocycles. The maximum Gasteiger partial charge on any atom is -0.00169 e. The highest BCUT2D eigenvalue weighted by Crippen LogP contribution is 2.12. The van der Waals surface area contributed by atoms with E-state index >= 15 is 0 Å². The number of hydrogen-bond acceptors (Lipinski definition) is 2. The van der Waals surface area contributed by atoms with E-state index in [1.165, 1.54) is 174 Å². The molecule has 0 amide bonds. The van der Waals surface area contributed by atoms with Gasteiger partial charge in [-0.3, -0.25) is 0 Å². The second-order valence-electron chi connectivity index (χ2n) is 10.8. The fourth-order valence-corrected chi connectivity index (χ4v) is 4.82. The summed E-state index contributed by atoms with van der Waals surface area (Å²) < 4.78 is 0. The van der Waals surface area contributed by atoms with Crippen LogP contribution in [0.5, 0.6) is 0 Å². The van der Waals surface area contributed by atoms with Gasteiger partial charge in [-0.1, -0.05) is 155 Å². The van der Waals surface area contributed by atoms with Crippen molar-refractivity contribution in [2.75, 3.05) is 26.2 Å². The summed E-state index contributed by atoms with van der Waals surface area (Å²) in [4.78, 5) is 0. The zero-order valence-electron chi connectivity index (χ0n) is 24.1. The third-order valence-corrected chi connectivity index (χ3v) is 7.23. The first-order chi connectivity index (χ1) is 16.9. The molecule has 0 fully saturated rings. The highest BCUT2D eigenvalue weighted by Gasteiger charge is 1.96. The van der Waals surface area contributed by atoms with Gasteiger partial charge in [0.15, 0.2) is 0 Å². The first-order valence-corrected chi connectivity index (χ1v) is 16.1. The van der Waals surface area contributed by atoms with Gasteiger partial charge < -0.3 is 10.6 Å². The Hall–Kier alpha value is -0.0800. The van der Waals surface area contributed by atoms with Crippen LogP contribution < -0.4 is 10.6 Å². The summed E-state index contributed by atoms with van der Waals surface area (Å²) in [7, 11) is 0. The van der Waals surface area contributed by atoms with Gasteiger partial charge in [0.2, 0.25) is 0 Å². The van der Waals surface area contributed by atoms with Crippen LogP contribution in [0.15, 0.2) is 0 Å². The zero-order valence-corrected chi connectivity index (χ0v) is 24.1. The van der Waals surface area contributed by atoms with Crippen molar-refractivity contribution < 1.29 is 0 Å². The Bertz CT molecular complexity index is 299. The Morgan fingerprint density at radius 1 is 0.353 bits per heavy atom. The zero-order chi connectivity index (χ0) is 24.6. The molecule has 0 unspecified atom stereocenters. The van der Waals surface area contributed by atoms with E-state index in [1.807, 2.05) is 0 Å². The molecule has 0 saturated heterocycles. The van der Waals surface area contributed by atoms with Crippen molar-refractivity contribution in [3.8, 4) is 0 Å². The lowest BCUT2D eigenvalue weighted by Gasteiger charge is -2.07. The summed E-state index contributed by atoms with van der Waals surface area (Å²) in [6, 6.07) is 0. The Balaban J connectivity index is 2.99. The third-order valence-electron chi connectivity index (χ3n) is 7.23. The average Bonchev–Trinajstić information content (AvgIpc) is 2.85. The Labute approximate surface area is 217 Å². The summed E-state index contributed by atoms with van der Waals surface area (Å²) in [6.45, 7) is 9.23. The van der Waals surface area contributed by atoms with Crippen LogP contribution >= 0.6 is 0 Å². The molecule has 0 spiro atoms. The summed E-state index contributed by atoms with van der Waals surface area (Å²) in [5.74, 6) is 0. The first kappa shape index (κ1) is 33.9. The van der Waals surface area contributed by atoms with Crippen LogP contribution in [0, 0.1) is 6.42 Å². The van der Waals surface area contributed by atoms with E-state index in [1.54, 1.807) is 0 Å². The second kappa shape index (κ2) is 32.9. The van der Waals surface area contributed by atoms with Gasteiger partial charge in [0.1, 0.15) is 0 Å². The van der Waals surface area contributed by atoms with Gasteiger partial charge in [0.05, 0.1) is 0 Å². The number of rotatable bonds is 31. The molecule has 2 heteroatoms. The van der Waals surface area contributed by atoms with Crippen molar-refractivity contribution in [3.05, 3.63) is 6.42 Å². The van der Waals surface area contributed by atoms with Gasteiger partial charge in [-0.05, 0) is 51.9 Å². The minimum Gasteiger partial charge on any atom is -0.317 e. The van der Waals surface area contributed by atoms with Crippen molar-refractivity contribution in [3.63, 3.8) is 0 Å². The lowest BCUT2D eigenvalue weighted by molar-refractivity contribution is 0.533. The van der Waals surface area contributed by atoms with E-state index in [0.717, 1.165) is 13.1 Å². The predicted octanol–water partition coefficient (Wildman–Crippen LogP) is 10.2. The fourth-order valence-electron chi connectivity index (χ4n) is 4.82. The predicted molar refractivity (Wildman–Crippen MR) is 157 cm³/mol. The molecule has 205 valence electrons. The number of hydrogen-bond donors (Lipinski definition) is 2. The lowest BCUT2D eigenvalue weighted by atomic mass is 10.1. The summed E-state index contributed by atoms with van der Waals surface area (Å²) in [5.41, 5.74) is 0. The molecule has 34 heavy (non-hydrogen) atoms. The van der Waals surface area contributed by atoms with E-state index in [2.05, 4.69) is 30.9 Å². The van der Waals surface area contributed by atoms with Gasteiger partial charge in [0, 0.05) is 0 Å². The normalized spacial score (nSPS) is 11.5. The molecule has 0 aromatic carbocycles. The summed E-state index contributed by atoms with van der Waals surface area (Å²) in [6.07, 6.45) is 38.1. The van der Waals surface area contributed by atoms with Crippen molar-refractivity contribution >= 4 is 0 Å². The molecule has 0 rings (SSSR count). The highest BCUT2D eigenvalue weighted by molar-refractivity contribution is 4.69. The summed E-state index contributed by atoms with van der Waals surface area (Å²) >= 11 is 0. The average molecular weight is 480 g/mol. The topological polar surface area (TPSA) is 24.1 Å². The van der Waals surface area contributed by atoms with E-state index in [4.69, 9.17) is 0 Å². The Kier molecular flexibility index (Phi) is 32.8. The maximum atomic E-state index is 3.61. The molecule has 1 radical (unpaired) electrons. The van der Waals surface area contributed by atoms with Crippen LogP contribution in [0.2, 0.25) is 0 Å². The van der Waals surface area contributed by atoms with Gasteiger partial charge in [-0.25, -0.2) is 0 Å². The van der Waals surface area contributed by atoms with Crippen LogP contribution in [0.25, 0.3) is 0 Å². The van der Waals surface area contributed by atoms with Gasteiger partial charge in [0.25, 0.3) is 0 Å². The molecular weight excluding hydrogens is 412 g/mol. The third kappa shape index (κ3) is 31.9. The molecule has 2 N–H and O–H groups in total. The summed E-state index contributed by atoms with van der Waals surface area (Å²) in [5, 5.41) is 7.20. The molecule has 0 heterocycles.